The standard InChI is InChI=1S/C15H16N4O/c1-2-7-19-14(10-17-18-19)15(20)13-9-16-8-11-5-3-4-6-12(11)13/h3-6,8-10,15,20H,2,7H2,1H3. The van der Waals surface area contributed by atoms with Crippen molar-refractivity contribution in [3.05, 3.63) is 54.1 Å². The van der Waals surface area contributed by atoms with Crippen molar-refractivity contribution in [1.29, 1.82) is 0 Å². The zero-order valence-electron chi connectivity index (χ0n) is 11.3. The van der Waals surface area contributed by atoms with Gasteiger partial charge in [-0.15, -0.1) is 5.10 Å². The normalized spacial score (nSPS) is 12.7. The van der Waals surface area contributed by atoms with Crippen LogP contribution in [0.3, 0.4) is 0 Å². The molecule has 0 aliphatic rings. The molecule has 0 amide bonds. The van der Waals surface area contributed by atoms with Crippen LogP contribution in [0.25, 0.3) is 10.8 Å². The molecule has 20 heavy (non-hydrogen) atoms. The topological polar surface area (TPSA) is 63.8 Å². The Morgan fingerprint density at radius 1 is 1.20 bits per heavy atom. The third kappa shape index (κ3) is 2.16. The Kier molecular flexibility index (Phi) is 3.43. The summed E-state index contributed by atoms with van der Waals surface area (Å²) in [5.41, 5.74) is 1.48. The van der Waals surface area contributed by atoms with E-state index in [4.69, 9.17) is 0 Å². The maximum absolute atomic E-state index is 10.6. The Labute approximate surface area is 116 Å². The number of aryl methyl sites for hydroxylation is 1. The molecular weight excluding hydrogens is 252 g/mol. The summed E-state index contributed by atoms with van der Waals surface area (Å²) in [5.74, 6) is 0. The molecule has 5 nitrogen and oxygen atoms in total. The van der Waals surface area contributed by atoms with E-state index in [9.17, 15) is 5.11 Å². The molecule has 0 bridgehead atoms. The highest BCUT2D eigenvalue weighted by atomic mass is 16.3. The van der Waals surface area contributed by atoms with E-state index in [-0.39, 0.29) is 0 Å². The highest BCUT2D eigenvalue weighted by Crippen LogP contribution is 2.27. The Morgan fingerprint density at radius 3 is 2.90 bits per heavy atom. The van der Waals surface area contributed by atoms with Crippen LogP contribution < -0.4 is 0 Å². The summed E-state index contributed by atoms with van der Waals surface area (Å²) in [4.78, 5) is 4.21. The molecule has 0 radical (unpaired) electrons. The molecule has 0 aliphatic heterocycles. The number of hydrogen-bond acceptors (Lipinski definition) is 4. The number of pyridine rings is 1. The van der Waals surface area contributed by atoms with Crippen molar-refractivity contribution in [2.24, 2.45) is 0 Å². The summed E-state index contributed by atoms with van der Waals surface area (Å²) in [6.07, 6.45) is 5.29. The van der Waals surface area contributed by atoms with Crippen LogP contribution in [0.1, 0.15) is 30.7 Å². The quantitative estimate of drug-likeness (QED) is 0.788. The van der Waals surface area contributed by atoms with Gasteiger partial charge in [0.15, 0.2) is 0 Å². The Morgan fingerprint density at radius 2 is 2.05 bits per heavy atom. The Bertz CT molecular complexity index is 717. The number of nitrogens with zero attached hydrogens (tertiary/aromatic N) is 4. The van der Waals surface area contributed by atoms with Crippen LogP contribution in [0.15, 0.2) is 42.9 Å². The minimum atomic E-state index is -0.768. The highest BCUT2D eigenvalue weighted by molar-refractivity contribution is 5.85. The van der Waals surface area contributed by atoms with Crippen molar-refractivity contribution in [3.63, 3.8) is 0 Å². The van der Waals surface area contributed by atoms with Gasteiger partial charge in [-0.2, -0.15) is 0 Å². The van der Waals surface area contributed by atoms with Crippen molar-refractivity contribution in [2.75, 3.05) is 0 Å². The molecule has 0 spiro atoms. The minimum absolute atomic E-state index is 0.699. The molecule has 0 saturated carbocycles. The predicted octanol–water partition coefficient (Wildman–Crippen LogP) is 2.32. The van der Waals surface area contributed by atoms with E-state index in [1.54, 1.807) is 23.3 Å². The first-order valence-corrected chi connectivity index (χ1v) is 6.70. The lowest BCUT2D eigenvalue weighted by Crippen LogP contribution is -2.10. The second kappa shape index (κ2) is 5.38. The second-order valence-electron chi connectivity index (χ2n) is 4.73. The van der Waals surface area contributed by atoms with E-state index >= 15 is 0 Å². The lowest BCUT2D eigenvalue weighted by Gasteiger charge is -2.14. The lowest BCUT2D eigenvalue weighted by molar-refractivity contribution is 0.208. The van der Waals surface area contributed by atoms with E-state index in [0.717, 1.165) is 29.3 Å². The summed E-state index contributed by atoms with van der Waals surface area (Å²) < 4.78 is 1.74. The molecular formula is C15H16N4O. The van der Waals surface area contributed by atoms with Crippen molar-refractivity contribution in [2.45, 2.75) is 26.0 Å². The third-order valence-electron chi connectivity index (χ3n) is 3.36. The molecule has 2 aromatic heterocycles. The first-order chi connectivity index (χ1) is 9.81. The summed E-state index contributed by atoms with van der Waals surface area (Å²) in [5, 5.41) is 20.6. The molecule has 5 heteroatoms. The molecule has 0 fully saturated rings. The number of benzene rings is 1. The summed E-state index contributed by atoms with van der Waals surface area (Å²) in [7, 11) is 0. The fourth-order valence-corrected chi connectivity index (χ4v) is 2.38. The van der Waals surface area contributed by atoms with Gasteiger partial charge in [0.25, 0.3) is 0 Å². The average Bonchev–Trinajstić information content (AvgIpc) is 2.94. The van der Waals surface area contributed by atoms with Crippen LogP contribution in [0.4, 0.5) is 0 Å². The SMILES string of the molecule is CCCn1nncc1C(O)c1cncc2ccccc12. The number of aliphatic hydroxyl groups excluding tert-OH is 1. The van der Waals surface area contributed by atoms with E-state index in [1.807, 2.05) is 24.3 Å². The van der Waals surface area contributed by atoms with Gasteiger partial charge >= 0.3 is 0 Å². The molecule has 2 heterocycles. The number of hydrogen-bond donors (Lipinski definition) is 1. The Hall–Kier alpha value is -2.27. The van der Waals surface area contributed by atoms with Gasteiger partial charge < -0.3 is 5.11 Å². The van der Waals surface area contributed by atoms with E-state index in [2.05, 4.69) is 22.2 Å². The zero-order valence-corrected chi connectivity index (χ0v) is 11.3. The van der Waals surface area contributed by atoms with Gasteiger partial charge in [-0.05, 0) is 11.8 Å². The molecule has 0 aliphatic carbocycles. The van der Waals surface area contributed by atoms with E-state index in [1.165, 1.54) is 0 Å². The van der Waals surface area contributed by atoms with Gasteiger partial charge in [-0.25, -0.2) is 4.68 Å². The molecule has 3 rings (SSSR count). The number of aromatic nitrogens is 4. The number of fused-ring (bicyclic) bond motifs is 1. The Balaban J connectivity index is 2.08. The minimum Gasteiger partial charge on any atom is -0.382 e. The van der Waals surface area contributed by atoms with Crippen LogP contribution in [-0.4, -0.2) is 25.1 Å². The van der Waals surface area contributed by atoms with Gasteiger partial charge in [0, 0.05) is 29.9 Å². The molecule has 0 saturated heterocycles. The molecule has 3 aromatic rings. The van der Waals surface area contributed by atoms with Crippen LogP contribution >= 0.6 is 0 Å². The monoisotopic (exact) mass is 268 g/mol. The fraction of sp³-hybridized carbons (Fsp3) is 0.267. The molecule has 1 atom stereocenters. The van der Waals surface area contributed by atoms with Crippen LogP contribution in [0.5, 0.6) is 0 Å². The van der Waals surface area contributed by atoms with Crippen LogP contribution in [0, 0.1) is 0 Å². The summed E-state index contributed by atoms with van der Waals surface area (Å²) in [6.45, 7) is 2.81. The fourth-order valence-electron chi connectivity index (χ4n) is 2.38. The van der Waals surface area contributed by atoms with Gasteiger partial charge in [0.1, 0.15) is 6.10 Å². The largest absolute Gasteiger partial charge is 0.382 e. The molecule has 1 unspecified atom stereocenters. The van der Waals surface area contributed by atoms with E-state index in [0.29, 0.717) is 5.69 Å². The summed E-state index contributed by atoms with van der Waals surface area (Å²) in [6, 6.07) is 7.90. The van der Waals surface area contributed by atoms with Crippen LogP contribution in [0.2, 0.25) is 0 Å². The average molecular weight is 268 g/mol. The van der Waals surface area contributed by atoms with Gasteiger partial charge in [-0.3, -0.25) is 4.98 Å². The van der Waals surface area contributed by atoms with Crippen molar-refractivity contribution < 1.29 is 5.11 Å². The summed E-state index contributed by atoms with van der Waals surface area (Å²) >= 11 is 0. The second-order valence-corrected chi connectivity index (χ2v) is 4.73. The predicted molar refractivity (Wildman–Crippen MR) is 76.1 cm³/mol. The highest BCUT2D eigenvalue weighted by Gasteiger charge is 2.18. The van der Waals surface area contributed by atoms with E-state index < -0.39 is 6.10 Å². The maximum Gasteiger partial charge on any atom is 0.124 e. The van der Waals surface area contributed by atoms with Gasteiger partial charge in [0.2, 0.25) is 0 Å². The third-order valence-corrected chi connectivity index (χ3v) is 3.36. The van der Waals surface area contributed by atoms with Crippen molar-refractivity contribution in [1.82, 2.24) is 20.0 Å². The smallest absolute Gasteiger partial charge is 0.124 e. The molecule has 102 valence electrons. The zero-order chi connectivity index (χ0) is 13.9. The lowest BCUT2D eigenvalue weighted by atomic mass is 10.0. The first-order valence-electron chi connectivity index (χ1n) is 6.70. The van der Waals surface area contributed by atoms with Crippen molar-refractivity contribution >= 4 is 10.8 Å². The van der Waals surface area contributed by atoms with Crippen LogP contribution in [-0.2, 0) is 6.54 Å². The molecule has 1 aromatic carbocycles. The number of rotatable bonds is 4. The van der Waals surface area contributed by atoms with Gasteiger partial charge in [0.05, 0.1) is 11.9 Å². The number of aliphatic hydroxyl groups is 1. The van der Waals surface area contributed by atoms with Gasteiger partial charge in [-0.1, -0.05) is 36.4 Å². The maximum atomic E-state index is 10.6. The first kappa shape index (κ1) is 12.7. The molecule has 1 N–H and O–H groups in total. The van der Waals surface area contributed by atoms with Crippen molar-refractivity contribution in [3.8, 4) is 0 Å².